The third kappa shape index (κ3) is 3.88. The normalized spacial score (nSPS) is 12.7. The lowest BCUT2D eigenvalue weighted by atomic mass is 10.0. The number of benzene rings is 1. The molecule has 1 N–H and O–H groups in total. The van der Waals surface area contributed by atoms with Crippen molar-refractivity contribution in [1.82, 2.24) is 5.32 Å². The van der Waals surface area contributed by atoms with Gasteiger partial charge in [0.25, 0.3) is 0 Å². The van der Waals surface area contributed by atoms with E-state index in [0.717, 1.165) is 5.75 Å². The molecule has 0 aliphatic carbocycles. The molecular formula is C13H21NS. The van der Waals surface area contributed by atoms with Gasteiger partial charge in [0.15, 0.2) is 0 Å². The van der Waals surface area contributed by atoms with E-state index < -0.39 is 0 Å². The maximum absolute atomic E-state index is 3.40. The molecule has 0 spiro atoms. The predicted octanol–water partition coefficient (Wildman–Crippen LogP) is 3.40. The first-order valence-electron chi connectivity index (χ1n) is 5.60. The van der Waals surface area contributed by atoms with Gasteiger partial charge in [-0.2, -0.15) is 11.8 Å². The fourth-order valence-corrected chi connectivity index (χ4v) is 2.69. The van der Waals surface area contributed by atoms with Crippen LogP contribution in [0.4, 0.5) is 0 Å². The van der Waals surface area contributed by atoms with Crippen LogP contribution in [0.15, 0.2) is 24.3 Å². The molecule has 84 valence electrons. The summed E-state index contributed by atoms with van der Waals surface area (Å²) in [5.74, 6) is 2.42. The maximum atomic E-state index is 3.40. The molecule has 0 saturated carbocycles. The minimum Gasteiger partial charge on any atom is -0.312 e. The largest absolute Gasteiger partial charge is 0.312 e. The molecule has 1 aromatic rings. The van der Waals surface area contributed by atoms with Gasteiger partial charge >= 0.3 is 0 Å². The Morgan fingerprint density at radius 1 is 1.33 bits per heavy atom. The summed E-state index contributed by atoms with van der Waals surface area (Å²) in [5.41, 5.74) is 2.82. The summed E-state index contributed by atoms with van der Waals surface area (Å²) in [6.07, 6.45) is 1.26. The van der Waals surface area contributed by atoms with Crippen LogP contribution < -0.4 is 5.32 Å². The van der Waals surface area contributed by atoms with Crippen LogP contribution in [0.25, 0.3) is 0 Å². The van der Waals surface area contributed by atoms with Crippen LogP contribution in [0.1, 0.15) is 30.5 Å². The van der Waals surface area contributed by atoms with Gasteiger partial charge in [0.1, 0.15) is 0 Å². The summed E-state index contributed by atoms with van der Waals surface area (Å²) >= 11 is 2.03. The Morgan fingerprint density at radius 3 is 2.67 bits per heavy atom. The standard InChI is InChI=1S/C13H21NS/c1-4-9-15-10-13(14-3)12-8-6-5-7-11(12)2/h5-8,13-14H,4,9-10H2,1-3H3. The molecular weight excluding hydrogens is 202 g/mol. The van der Waals surface area contributed by atoms with Gasteiger partial charge in [-0.3, -0.25) is 0 Å². The molecule has 1 atom stereocenters. The molecule has 2 heteroatoms. The smallest absolute Gasteiger partial charge is 0.0412 e. The second-order valence-corrected chi connectivity index (χ2v) is 4.92. The monoisotopic (exact) mass is 223 g/mol. The van der Waals surface area contributed by atoms with Crippen molar-refractivity contribution in [3.05, 3.63) is 35.4 Å². The molecule has 0 aliphatic rings. The molecule has 0 aliphatic heterocycles. The Balaban J connectivity index is 2.61. The van der Waals surface area contributed by atoms with Crippen molar-refractivity contribution in [2.75, 3.05) is 18.6 Å². The van der Waals surface area contributed by atoms with E-state index in [9.17, 15) is 0 Å². The van der Waals surface area contributed by atoms with Crippen molar-refractivity contribution >= 4 is 11.8 Å². The zero-order valence-corrected chi connectivity index (χ0v) is 10.7. The molecule has 0 saturated heterocycles. The van der Waals surface area contributed by atoms with Crippen molar-refractivity contribution in [2.24, 2.45) is 0 Å². The molecule has 1 rings (SSSR count). The van der Waals surface area contributed by atoms with E-state index in [1.165, 1.54) is 23.3 Å². The highest BCUT2D eigenvalue weighted by Gasteiger charge is 2.10. The van der Waals surface area contributed by atoms with Gasteiger partial charge in [-0.15, -0.1) is 0 Å². The summed E-state index contributed by atoms with van der Waals surface area (Å²) in [5, 5.41) is 3.40. The molecule has 0 fully saturated rings. The molecule has 0 amide bonds. The molecule has 0 heterocycles. The lowest BCUT2D eigenvalue weighted by molar-refractivity contribution is 0.658. The highest BCUT2D eigenvalue weighted by atomic mass is 32.2. The van der Waals surface area contributed by atoms with E-state index in [-0.39, 0.29) is 0 Å². The highest BCUT2D eigenvalue weighted by Crippen LogP contribution is 2.21. The van der Waals surface area contributed by atoms with Gasteiger partial charge in [-0.25, -0.2) is 0 Å². The van der Waals surface area contributed by atoms with Crippen molar-refractivity contribution in [3.63, 3.8) is 0 Å². The van der Waals surface area contributed by atoms with Gasteiger partial charge in [0, 0.05) is 11.8 Å². The van der Waals surface area contributed by atoms with Crippen LogP contribution in [0, 0.1) is 6.92 Å². The van der Waals surface area contributed by atoms with Gasteiger partial charge in [-0.1, -0.05) is 31.2 Å². The minimum absolute atomic E-state index is 0.489. The van der Waals surface area contributed by atoms with E-state index in [1.807, 2.05) is 18.8 Å². The van der Waals surface area contributed by atoms with E-state index >= 15 is 0 Å². The summed E-state index contributed by atoms with van der Waals surface area (Å²) in [6.45, 7) is 4.42. The van der Waals surface area contributed by atoms with Crippen LogP contribution >= 0.6 is 11.8 Å². The van der Waals surface area contributed by atoms with Gasteiger partial charge < -0.3 is 5.32 Å². The SMILES string of the molecule is CCCSCC(NC)c1ccccc1C. The highest BCUT2D eigenvalue weighted by molar-refractivity contribution is 7.99. The summed E-state index contributed by atoms with van der Waals surface area (Å²) in [6, 6.07) is 9.12. The first-order chi connectivity index (χ1) is 7.29. The van der Waals surface area contributed by atoms with E-state index in [0.29, 0.717) is 6.04 Å². The fourth-order valence-electron chi connectivity index (χ4n) is 1.65. The van der Waals surface area contributed by atoms with Gasteiger partial charge in [0.2, 0.25) is 0 Å². The predicted molar refractivity (Wildman–Crippen MR) is 70.6 cm³/mol. The number of nitrogens with one attached hydrogen (secondary N) is 1. The Bertz CT molecular complexity index is 286. The third-order valence-electron chi connectivity index (χ3n) is 2.55. The third-order valence-corrected chi connectivity index (χ3v) is 3.81. The quantitative estimate of drug-likeness (QED) is 0.742. The van der Waals surface area contributed by atoms with Crippen LogP contribution in [-0.2, 0) is 0 Å². The maximum Gasteiger partial charge on any atom is 0.0412 e. The van der Waals surface area contributed by atoms with Gasteiger partial charge in [0.05, 0.1) is 0 Å². The molecule has 1 nitrogen and oxygen atoms in total. The van der Waals surface area contributed by atoms with Crippen molar-refractivity contribution < 1.29 is 0 Å². The Kier molecular flexibility index (Phi) is 5.81. The average molecular weight is 223 g/mol. The van der Waals surface area contributed by atoms with Crippen LogP contribution in [-0.4, -0.2) is 18.6 Å². The molecule has 0 aromatic heterocycles. The number of hydrogen-bond donors (Lipinski definition) is 1. The molecule has 0 radical (unpaired) electrons. The van der Waals surface area contributed by atoms with Crippen LogP contribution in [0.2, 0.25) is 0 Å². The van der Waals surface area contributed by atoms with Crippen LogP contribution in [0.3, 0.4) is 0 Å². The van der Waals surface area contributed by atoms with E-state index in [2.05, 4.69) is 43.4 Å². The van der Waals surface area contributed by atoms with Crippen molar-refractivity contribution in [1.29, 1.82) is 0 Å². The van der Waals surface area contributed by atoms with Gasteiger partial charge in [-0.05, 0) is 37.3 Å². The van der Waals surface area contributed by atoms with Crippen LogP contribution in [0.5, 0.6) is 0 Å². The topological polar surface area (TPSA) is 12.0 Å². The Hall–Kier alpha value is -0.470. The molecule has 1 aromatic carbocycles. The number of thioether (sulfide) groups is 1. The zero-order valence-electron chi connectivity index (χ0n) is 9.92. The van der Waals surface area contributed by atoms with E-state index in [1.54, 1.807) is 0 Å². The van der Waals surface area contributed by atoms with Crippen molar-refractivity contribution in [2.45, 2.75) is 26.3 Å². The molecule has 1 unspecified atom stereocenters. The second-order valence-electron chi connectivity index (χ2n) is 3.77. The first kappa shape index (κ1) is 12.6. The lowest BCUT2D eigenvalue weighted by Crippen LogP contribution is -2.19. The second kappa shape index (κ2) is 6.91. The minimum atomic E-state index is 0.489. The lowest BCUT2D eigenvalue weighted by Gasteiger charge is -2.18. The average Bonchev–Trinajstić information content (AvgIpc) is 2.26. The van der Waals surface area contributed by atoms with Crippen molar-refractivity contribution in [3.8, 4) is 0 Å². The molecule has 15 heavy (non-hydrogen) atoms. The molecule has 0 bridgehead atoms. The zero-order chi connectivity index (χ0) is 11.1. The van der Waals surface area contributed by atoms with E-state index in [4.69, 9.17) is 0 Å². The fraction of sp³-hybridized carbons (Fsp3) is 0.538. The number of aryl methyl sites for hydroxylation is 1. The summed E-state index contributed by atoms with van der Waals surface area (Å²) < 4.78 is 0. The summed E-state index contributed by atoms with van der Waals surface area (Å²) in [4.78, 5) is 0. The summed E-state index contributed by atoms with van der Waals surface area (Å²) in [7, 11) is 2.05. The number of rotatable bonds is 6. The first-order valence-corrected chi connectivity index (χ1v) is 6.75. The number of hydrogen-bond acceptors (Lipinski definition) is 2. The Labute approximate surface area is 97.7 Å². The Morgan fingerprint density at radius 2 is 2.07 bits per heavy atom.